The molecule has 1 amide bonds. The van der Waals surface area contributed by atoms with Gasteiger partial charge in [0.1, 0.15) is 12.4 Å². The summed E-state index contributed by atoms with van der Waals surface area (Å²) in [6.45, 7) is 0.588. The van der Waals surface area contributed by atoms with Gasteiger partial charge in [0.05, 0.1) is 11.2 Å². The first-order chi connectivity index (χ1) is 12.1. The van der Waals surface area contributed by atoms with Crippen LogP contribution < -0.4 is 11.0 Å². The van der Waals surface area contributed by atoms with Gasteiger partial charge in [0, 0.05) is 12.7 Å². The van der Waals surface area contributed by atoms with Gasteiger partial charge >= 0.3 is 5.69 Å². The molecule has 7 heteroatoms. The molecule has 1 saturated carbocycles. The maximum atomic E-state index is 13.2. The second-order valence-electron chi connectivity index (χ2n) is 6.27. The van der Waals surface area contributed by atoms with Gasteiger partial charge in [-0.25, -0.2) is 18.7 Å². The highest BCUT2D eigenvalue weighted by Crippen LogP contribution is 2.27. The van der Waals surface area contributed by atoms with Gasteiger partial charge in [0.2, 0.25) is 5.91 Å². The number of rotatable bonds is 5. The summed E-state index contributed by atoms with van der Waals surface area (Å²) in [5.74, 6) is -0.00754. The number of carbonyl (C=O) groups excluding carboxylic acids is 1. The van der Waals surface area contributed by atoms with Crippen LogP contribution in [0.4, 0.5) is 4.39 Å². The second-order valence-corrected chi connectivity index (χ2v) is 6.27. The summed E-state index contributed by atoms with van der Waals surface area (Å²) in [7, 11) is 0. The Bertz CT molecular complexity index is 986. The summed E-state index contributed by atoms with van der Waals surface area (Å²) in [4.78, 5) is 29.3. The molecule has 0 spiro atoms. The van der Waals surface area contributed by atoms with Crippen molar-refractivity contribution in [2.24, 2.45) is 5.92 Å². The number of hydrogen-bond donors (Lipinski definition) is 1. The van der Waals surface area contributed by atoms with Crippen LogP contribution in [-0.4, -0.2) is 26.6 Å². The lowest BCUT2D eigenvalue weighted by Gasteiger charge is -2.05. The monoisotopic (exact) mass is 340 g/mol. The standard InChI is InChI=1S/C18H17FN4O2/c19-13-5-7-14(8-6-13)23-17-15(2-1-9-20-17)22(18(23)25)11-16(24)21-10-12-3-4-12/h1-2,5-9,12H,3-4,10-11H2,(H,21,24). The van der Waals surface area contributed by atoms with Crippen molar-refractivity contribution in [2.75, 3.05) is 6.54 Å². The number of nitrogens with zero attached hydrogens (tertiary/aromatic N) is 3. The maximum absolute atomic E-state index is 13.2. The lowest BCUT2D eigenvalue weighted by atomic mass is 10.3. The van der Waals surface area contributed by atoms with Crippen molar-refractivity contribution in [1.82, 2.24) is 19.4 Å². The Hall–Kier alpha value is -2.96. The summed E-state index contributed by atoms with van der Waals surface area (Å²) in [5.41, 5.74) is 1.14. The third-order valence-corrected chi connectivity index (χ3v) is 4.36. The van der Waals surface area contributed by atoms with E-state index in [1.54, 1.807) is 18.3 Å². The third-order valence-electron chi connectivity index (χ3n) is 4.36. The van der Waals surface area contributed by atoms with E-state index in [2.05, 4.69) is 10.3 Å². The first-order valence-corrected chi connectivity index (χ1v) is 8.22. The predicted molar refractivity (Wildman–Crippen MR) is 91.0 cm³/mol. The SMILES string of the molecule is O=C(Cn1c(=O)n(-c2ccc(F)cc2)c2ncccc21)NCC1CC1. The van der Waals surface area contributed by atoms with E-state index in [4.69, 9.17) is 0 Å². The molecule has 1 aliphatic carbocycles. The number of amides is 1. The number of benzene rings is 1. The first kappa shape index (κ1) is 15.6. The Morgan fingerprint density at radius 2 is 2.00 bits per heavy atom. The van der Waals surface area contributed by atoms with Crippen LogP contribution in [0.1, 0.15) is 12.8 Å². The minimum atomic E-state index is -0.382. The van der Waals surface area contributed by atoms with Crippen LogP contribution in [0.3, 0.4) is 0 Å². The molecule has 0 bridgehead atoms. The lowest BCUT2D eigenvalue weighted by molar-refractivity contribution is -0.121. The molecule has 1 aliphatic rings. The summed E-state index contributed by atoms with van der Waals surface area (Å²) in [6, 6.07) is 9.07. The number of carbonyl (C=O) groups is 1. The molecule has 3 aromatic rings. The molecule has 2 aromatic heterocycles. The molecule has 6 nitrogen and oxygen atoms in total. The van der Waals surface area contributed by atoms with Crippen LogP contribution in [0.2, 0.25) is 0 Å². The van der Waals surface area contributed by atoms with E-state index in [1.807, 2.05) is 0 Å². The summed E-state index contributed by atoms with van der Waals surface area (Å²) in [5, 5.41) is 2.86. The number of fused-ring (bicyclic) bond motifs is 1. The van der Waals surface area contributed by atoms with Crippen LogP contribution in [-0.2, 0) is 11.3 Å². The number of imidazole rings is 1. The molecule has 1 fully saturated rings. The van der Waals surface area contributed by atoms with Gasteiger partial charge in [-0.1, -0.05) is 0 Å². The Labute approximate surface area is 142 Å². The zero-order valence-corrected chi connectivity index (χ0v) is 13.5. The molecule has 0 saturated heterocycles. The fourth-order valence-electron chi connectivity index (χ4n) is 2.84. The van der Waals surface area contributed by atoms with Crippen molar-refractivity contribution >= 4 is 17.1 Å². The van der Waals surface area contributed by atoms with Gasteiger partial charge in [-0.2, -0.15) is 0 Å². The Kier molecular flexibility index (Phi) is 3.83. The average Bonchev–Trinajstić information content (AvgIpc) is 3.40. The number of hydrogen-bond acceptors (Lipinski definition) is 3. The van der Waals surface area contributed by atoms with Crippen molar-refractivity contribution in [3.05, 3.63) is 58.9 Å². The van der Waals surface area contributed by atoms with Crippen LogP contribution in [0, 0.1) is 11.7 Å². The number of nitrogens with one attached hydrogen (secondary N) is 1. The van der Waals surface area contributed by atoms with Crippen molar-refractivity contribution in [3.8, 4) is 5.69 Å². The molecule has 0 aliphatic heterocycles. The molecule has 0 radical (unpaired) electrons. The quantitative estimate of drug-likeness (QED) is 0.771. The van der Waals surface area contributed by atoms with Crippen LogP contribution in [0.15, 0.2) is 47.4 Å². The largest absolute Gasteiger partial charge is 0.354 e. The van der Waals surface area contributed by atoms with Gasteiger partial charge < -0.3 is 5.32 Å². The van der Waals surface area contributed by atoms with Gasteiger partial charge in [-0.05, 0) is 55.2 Å². The molecule has 128 valence electrons. The van der Waals surface area contributed by atoms with Gasteiger partial charge in [0.15, 0.2) is 5.65 Å². The normalized spacial score (nSPS) is 14.0. The zero-order valence-electron chi connectivity index (χ0n) is 13.5. The predicted octanol–water partition coefficient (Wildman–Crippen LogP) is 1.85. The van der Waals surface area contributed by atoms with Crippen molar-refractivity contribution in [1.29, 1.82) is 0 Å². The smallest absolute Gasteiger partial charge is 0.335 e. The topological polar surface area (TPSA) is 68.9 Å². The molecule has 1 aromatic carbocycles. The Morgan fingerprint density at radius 3 is 2.72 bits per heavy atom. The molecule has 0 atom stereocenters. The van der Waals surface area contributed by atoms with Gasteiger partial charge in [-0.3, -0.25) is 9.36 Å². The van der Waals surface area contributed by atoms with Gasteiger partial charge in [0.25, 0.3) is 0 Å². The minimum absolute atomic E-state index is 0.0675. The highest BCUT2D eigenvalue weighted by Gasteiger charge is 2.22. The summed E-state index contributed by atoms with van der Waals surface area (Å²) in [6.07, 6.45) is 3.88. The van der Waals surface area contributed by atoms with Crippen molar-refractivity contribution in [3.63, 3.8) is 0 Å². The molecule has 2 heterocycles. The number of aromatic nitrogens is 3. The van der Waals surface area contributed by atoms with E-state index in [-0.39, 0.29) is 24.0 Å². The average molecular weight is 340 g/mol. The van der Waals surface area contributed by atoms with E-state index >= 15 is 0 Å². The highest BCUT2D eigenvalue weighted by atomic mass is 19.1. The molecule has 1 N–H and O–H groups in total. The van der Waals surface area contributed by atoms with Gasteiger partial charge in [-0.15, -0.1) is 0 Å². The minimum Gasteiger partial charge on any atom is -0.354 e. The van der Waals surface area contributed by atoms with Crippen LogP contribution in [0.25, 0.3) is 16.9 Å². The summed E-state index contributed by atoms with van der Waals surface area (Å²) < 4.78 is 16.0. The van der Waals surface area contributed by atoms with E-state index < -0.39 is 0 Å². The Morgan fingerprint density at radius 1 is 1.24 bits per heavy atom. The zero-order chi connectivity index (χ0) is 17.4. The first-order valence-electron chi connectivity index (χ1n) is 8.22. The van der Waals surface area contributed by atoms with E-state index in [0.29, 0.717) is 29.3 Å². The Balaban J connectivity index is 1.74. The third kappa shape index (κ3) is 3.05. The lowest BCUT2D eigenvalue weighted by Crippen LogP contribution is -2.33. The van der Waals surface area contributed by atoms with Crippen molar-refractivity contribution in [2.45, 2.75) is 19.4 Å². The number of pyridine rings is 1. The molecule has 4 rings (SSSR count). The molecule has 0 unspecified atom stereocenters. The second kappa shape index (κ2) is 6.16. The fraction of sp³-hybridized carbons (Fsp3) is 0.278. The molecular formula is C18H17FN4O2. The maximum Gasteiger partial charge on any atom is 0.335 e. The summed E-state index contributed by atoms with van der Waals surface area (Å²) >= 11 is 0. The van der Waals surface area contributed by atoms with Crippen LogP contribution >= 0.6 is 0 Å². The number of halogens is 1. The van der Waals surface area contributed by atoms with E-state index in [0.717, 1.165) is 12.8 Å². The highest BCUT2D eigenvalue weighted by molar-refractivity contribution is 5.80. The fourth-order valence-corrected chi connectivity index (χ4v) is 2.84. The van der Waals surface area contributed by atoms with Crippen molar-refractivity contribution < 1.29 is 9.18 Å². The molecule has 25 heavy (non-hydrogen) atoms. The van der Waals surface area contributed by atoms with E-state index in [9.17, 15) is 14.0 Å². The van der Waals surface area contributed by atoms with E-state index in [1.165, 1.54) is 33.4 Å². The van der Waals surface area contributed by atoms with Crippen LogP contribution in [0.5, 0.6) is 0 Å². The molecular weight excluding hydrogens is 323 g/mol.